The van der Waals surface area contributed by atoms with Gasteiger partial charge in [0.15, 0.2) is 0 Å². The zero-order chi connectivity index (χ0) is 12.1. The molecular formula is C11H13NO4. The summed E-state index contributed by atoms with van der Waals surface area (Å²) in [6.07, 6.45) is 0. The Hall–Kier alpha value is -2.04. The maximum atomic E-state index is 10.9. The molecule has 0 aliphatic carbocycles. The van der Waals surface area contributed by atoms with Crippen LogP contribution in [0.5, 0.6) is 11.5 Å². The molecule has 0 amide bonds. The molecule has 1 aromatic rings. The van der Waals surface area contributed by atoms with E-state index in [2.05, 4.69) is 9.99 Å². The SMILES string of the molecule is CO/N=C(\C)c1cc(O)ccc1OC(C)=O. The highest BCUT2D eigenvalue weighted by Crippen LogP contribution is 2.24. The number of hydrogen-bond acceptors (Lipinski definition) is 5. The van der Waals surface area contributed by atoms with Crippen LogP contribution in [0.3, 0.4) is 0 Å². The van der Waals surface area contributed by atoms with Gasteiger partial charge in [-0.25, -0.2) is 0 Å². The summed E-state index contributed by atoms with van der Waals surface area (Å²) >= 11 is 0. The smallest absolute Gasteiger partial charge is 0.308 e. The number of oxime groups is 1. The van der Waals surface area contributed by atoms with E-state index in [4.69, 9.17) is 4.74 Å². The zero-order valence-electron chi connectivity index (χ0n) is 9.35. The first-order chi connectivity index (χ1) is 7.54. The lowest BCUT2D eigenvalue weighted by molar-refractivity contribution is -0.131. The van der Waals surface area contributed by atoms with Crippen molar-refractivity contribution in [1.82, 2.24) is 0 Å². The number of hydrogen-bond donors (Lipinski definition) is 1. The molecule has 1 N–H and O–H groups in total. The summed E-state index contributed by atoms with van der Waals surface area (Å²) in [6.45, 7) is 2.99. The molecule has 0 spiro atoms. The predicted octanol–water partition coefficient (Wildman–Crippen LogP) is 1.69. The fraction of sp³-hybridized carbons (Fsp3) is 0.273. The van der Waals surface area contributed by atoms with Gasteiger partial charge < -0.3 is 14.7 Å². The molecule has 0 fully saturated rings. The van der Waals surface area contributed by atoms with E-state index in [-0.39, 0.29) is 5.75 Å². The Kier molecular flexibility index (Phi) is 3.88. The molecule has 0 saturated heterocycles. The summed E-state index contributed by atoms with van der Waals surface area (Å²) in [7, 11) is 1.41. The number of carbonyl (C=O) groups is 1. The van der Waals surface area contributed by atoms with Crippen LogP contribution in [0.25, 0.3) is 0 Å². The van der Waals surface area contributed by atoms with Gasteiger partial charge in [-0.1, -0.05) is 5.16 Å². The Balaban J connectivity index is 3.17. The van der Waals surface area contributed by atoms with E-state index < -0.39 is 5.97 Å². The van der Waals surface area contributed by atoms with Crippen LogP contribution in [-0.4, -0.2) is 23.9 Å². The number of esters is 1. The molecule has 16 heavy (non-hydrogen) atoms. The third-order valence-corrected chi connectivity index (χ3v) is 1.83. The largest absolute Gasteiger partial charge is 0.508 e. The number of carbonyl (C=O) groups excluding carboxylic acids is 1. The molecule has 0 bridgehead atoms. The first-order valence-electron chi connectivity index (χ1n) is 4.64. The quantitative estimate of drug-likeness (QED) is 0.366. The van der Waals surface area contributed by atoms with Crippen molar-refractivity contribution >= 4 is 11.7 Å². The molecule has 0 aromatic heterocycles. The van der Waals surface area contributed by atoms with Gasteiger partial charge in [-0.15, -0.1) is 0 Å². The average molecular weight is 223 g/mol. The number of phenols is 1. The van der Waals surface area contributed by atoms with Gasteiger partial charge in [0.2, 0.25) is 0 Å². The monoisotopic (exact) mass is 223 g/mol. The summed E-state index contributed by atoms with van der Waals surface area (Å²) in [5.74, 6) is -0.0303. The molecule has 1 rings (SSSR count). The minimum atomic E-state index is -0.433. The van der Waals surface area contributed by atoms with E-state index >= 15 is 0 Å². The van der Waals surface area contributed by atoms with Crippen LogP contribution in [0.15, 0.2) is 23.4 Å². The van der Waals surface area contributed by atoms with Gasteiger partial charge in [0.1, 0.15) is 18.6 Å². The average Bonchev–Trinajstić information content (AvgIpc) is 2.20. The minimum Gasteiger partial charge on any atom is -0.508 e. The van der Waals surface area contributed by atoms with E-state index in [1.165, 1.54) is 32.2 Å². The minimum absolute atomic E-state index is 0.0663. The van der Waals surface area contributed by atoms with Crippen LogP contribution in [0.4, 0.5) is 0 Å². The molecule has 0 saturated carbocycles. The van der Waals surface area contributed by atoms with Crippen LogP contribution in [0.2, 0.25) is 0 Å². The van der Waals surface area contributed by atoms with E-state index in [9.17, 15) is 9.90 Å². The number of aromatic hydroxyl groups is 1. The second-order valence-corrected chi connectivity index (χ2v) is 3.13. The summed E-state index contributed by atoms with van der Waals surface area (Å²) in [5, 5.41) is 13.1. The Labute approximate surface area is 93.3 Å². The standard InChI is InChI=1S/C11H13NO4/c1-7(12-15-3)10-6-9(14)4-5-11(10)16-8(2)13/h4-6,14H,1-3H3/b12-7+. The van der Waals surface area contributed by atoms with Gasteiger partial charge >= 0.3 is 5.97 Å². The van der Waals surface area contributed by atoms with Gasteiger partial charge in [-0.05, 0) is 25.1 Å². The maximum absolute atomic E-state index is 10.9. The Bertz CT molecular complexity index is 426. The van der Waals surface area contributed by atoms with Crippen molar-refractivity contribution in [2.24, 2.45) is 5.16 Å². The van der Waals surface area contributed by atoms with Crippen molar-refractivity contribution in [3.63, 3.8) is 0 Å². The van der Waals surface area contributed by atoms with E-state index in [1.807, 2.05) is 0 Å². The van der Waals surface area contributed by atoms with Crippen molar-refractivity contribution in [2.75, 3.05) is 7.11 Å². The molecule has 0 heterocycles. The predicted molar refractivity (Wildman–Crippen MR) is 58.6 cm³/mol. The zero-order valence-corrected chi connectivity index (χ0v) is 9.35. The van der Waals surface area contributed by atoms with E-state index in [1.54, 1.807) is 6.92 Å². The maximum Gasteiger partial charge on any atom is 0.308 e. The lowest BCUT2D eigenvalue weighted by atomic mass is 10.1. The Morgan fingerprint density at radius 2 is 2.06 bits per heavy atom. The topological polar surface area (TPSA) is 68.1 Å². The number of nitrogens with zero attached hydrogens (tertiary/aromatic N) is 1. The molecule has 1 aromatic carbocycles. The summed E-state index contributed by atoms with van der Waals surface area (Å²) < 4.78 is 4.98. The third-order valence-electron chi connectivity index (χ3n) is 1.83. The molecular weight excluding hydrogens is 210 g/mol. The van der Waals surface area contributed by atoms with Gasteiger partial charge in [0.05, 0.1) is 5.71 Å². The second kappa shape index (κ2) is 5.16. The van der Waals surface area contributed by atoms with Crippen molar-refractivity contribution < 1.29 is 19.5 Å². The van der Waals surface area contributed by atoms with Crippen molar-refractivity contribution in [3.05, 3.63) is 23.8 Å². The van der Waals surface area contributed by atoms with E-state index in [0.29, 0.717) is 17.0 Å². The highest BCUT2D eigenvalue weighted by atomic mass is 16.6. The number of ether oxygens (including phenoxy) is 1. The number of benzene rings is 1. The van der Waals surface area contributed by atoms with Crippen LogP contribution in [0.1, 0.15) is 19.4 Å². The van der Waals surface area contributed by atoms with Crippen LogP contribution in [0, 0.1) is 0 Å². The summed E-state index contributed by atoms with van der Waals surface area (Å²) in [4.78, 5) is 15.5. The fourth-order valence-corrected chi connectivity index (χ4v) is 1.23. The van der Waals surface area contributed by atoms with Gasteiger partial charge in [0.25, 0.3) is 0 Å². The second-order valence-electron chi connectivity index (χ2n) is 3.13. The van der Waals surface area contributed by atoms with E-state index in [0.717, 1.165) is 0 Å². The van der Waals surface area contributed by atoms with Crippen LogP contribution < -0.4 is 4.74 Å². The molecule has 86 valence electrons. The Morgan fingerprint density at radius 3 is 2.62 bits per heavy atom. The highest BCUT2D eigenvalue weighted by Gasteiger charge is 2.10. The van der Waals surface area contributed by atoms with Crippen LogP contribution in [-0.2, 0) is 9.63 Å². The Morgan fingerprint density at radius 1 is 1.38 bits per heavy atom. The molecule has 5 heteroatoms. The van der Waals surface area contributed by atoms with Gasteiger partial charge in [0, 0.05) is 12.5 Å². The van der Waals surface area contributed by atoms with Crippen molar-refractivity contribution in [3.8, 4) is 11.5 Å². The first kappa shape index (κ1) is 12.0. The number of phenolic OH excluding ortho intramolecular Hbond substituents is 1. The normalized spacial score (nSPS) is 11.1. The summed E-state index contributed by atoms with van der Waals surface area (Å²) in [6, 6.07) is 4.39. The first-order valence-corrected chi connectivity index (χ1v) is 4.64. The van der Waals surface area contributed by atoms with Crippen molar-refractivity contribution in [2.45, 2.75) is 13.8 Å². The fourth-order valence-electron chi connectivity index (χ4n) is 1.23. The van der Waals surface area contributed by atoms with Gasteiger partial charge in [-0.2, -0.15) is 0 Å². The van der Waals surface area contributed by atoms with Crippen molar-refractivity contribution in [1.29, 1.82) is 0 Å². The molecule has 0 radical (unpaired) electrons. The lowest BCUT2D eigenvalue weighted by Gasteiger charge is -2.08. The lowest BCUT2D eigenvalue weighted by Crippen LogP contribution is -2.06. The summed E-state index contributed by atoms with van der Waals surface area (Å²) in [5.41, 5.74) is 1.02. The molecule has 0 aliphatic rings. The van der Waals surface area contributed by atoms with Crippen LogP contribution >= 0.6 is 0 Å². The van der Waals surface area contributed by atoms with Gasteiger partial charge in [-0.3, -0.25) is 4.79 Å². The molecule has 0 aliphatic heterocycles. The third kappa shape index (κ3) is 2.98. The molecule has 0 atom stereocenters. The molecule has 0 unspecified atom stereocenters. The number of rotatable bonds is 3. The molecule has 5 nitrogen and oxygen atoms in total. The highest BCUT2D eigenvalue weighted by molar-refractivity contribution is 6.01.